The first-order valence-electron chi connectivity index (χ1n) is 8.74. The lowest BCUT2D eigenvalue weighted by atomic mass is 10.00. The van der Waals surface area contributed by atoms with E-state index in [1.807, 2.05) is 24.3 Å². The van der Waals surface area contributed by atoms with Crippen LogP contribution in [0.3, 0.4) is 0 Å². The fourth-order valence-corrected chi connectivity index (χ4v) is 3.36. The highest BCUT2D eigenvalue weighted by Gasteiger charge is 2.39. The van der Waals surface area contributed by atoms with Gasteiger partial charge in [-0.3, -0.25) is 4.79 Å². The van der Waals surface area contributed by atoms with E-state index in [0.29, 0.717) is 11.3 Å². The zero-order valence-electron chi connectivity index (χ0n) is 15.5. The van der Waals surface area contributed by atoms with Crippen LogP contribution in [0.25, 0.3) is 0 Å². The third-order valence-corrected chi connectivity index (χ3v) is 9.27. The lowest BCUT2D eigenvalue weighted by Gasteiger charge is -2.36. The molecular weight excluding hydrogens is 312 g/mol. The SMILES string of the molecule is CC(C)(C)[Si](C)(C)Oc1ccccc1C(=O)C#CC1=CCCCC1. The largest absolute Gasteiger partial charge is 0.543 e. The van der Waals surface area contributed by atoms with Crippen LogP contribution < -0.4 is 4.43 Å². The third-order valence-electron chi connectivity index (χ3n) is 4.93. The predicted octanol–water partition coefficient (Wildman–Crippen LogP) is 5.76. The van der Waals surface area contributed by atoms with Crippen molar-refractivity contribution in [2.45, 2.75) is 64.6 Å². The van der Waals surface area contributed by atoms with E-state index < -0.39 is 8.32 Å². The molecule has 3 heteroatoms. The molecule has 2 nitrogen and oxygen atoms in total. The van der Waals surface area contributed by atoms with Crippen molar-refractivity contribution in [3.05, 3.63) is 41.5 Å². The van der Waals surface area contributed by atoms with Gasteiger partial charge in [0.2, 0.25) is 5.78 Å². The Morgan fingerprint density at radius 1 is 1.17 bits per heavy atom. The first-order valence-corrected chi connectivity index (χ1v) is 11.6. The lowest BCUT2D eigenvalue weighted by Crippen LogP contribution is -2.44. The van der Waals surface area contributed by atoms with Gasteiger partial charge in [-0.05, 0) is 67.4 Å². The van der Waals surface area contributed by atoms with E-state index in [9.17, 15) is 4.79 Å². The highest BCUT2D eigenvalue weighted by atomic mass is 28.4. The molecule has 0 saturated carbocycles. The van der Waals surface area contributed by atoms with Crippen molar-refractivity contribution in [1.82, 2.24) is 0 Å². The van der Waals surface area contributed by atoms with Gasteiger partial charge < -0.3 is 4.43 Å². The number of ketones is 1. The van der Waals surface area contributed by atoms with Gasteiger partial charge in [0.1, 0.15) is 5.75 Å². The third kappa shape index (κ3) is 4.61. The second-order valence-corrected chi connectivity index (χ2v) is 12.6. The monoisotopic (exact) mass is 340 g/mol. The summed E-state index contributed by atoms with van der Waals surface area (Å²) in [5.41, 5.74) is 1.67. The Labute approximate surface area is 147 Å². The fraction of sp³-hybridized carbons (Fsp3) is 0.476. The van der Waals surface area contributed by atoms with Gasteiger partial charge in [-0.25, -0.2) is 0 Å². The first kappa shape index (κ1) is 18.5. The summed E-state index contributed by atoms with van der Waals surface area (Å²) in [5.74, 6) is 6.38. The van der Waals surface area contributed by atoms with E-state index in [2.05, 4.69) is 51.8 Å². The smallest absolute Gasteiger partial charge is 0.250 e. The number of allylic oxidation sites excluding steroid dienone is 2. The number of carbonyl (C=O) groups is 1. The van der Waals surface area contributed by atoms with E-state index >= 15 is 0 Å². The summed E-state index contributed by atoms with van der Waals surface area (Å²) in [5, 5.41) is 0.0851. The second kappa shape index (κ2) is 7.40. The molecule has 0 aromatic heterocycles. The van der Waals surface area contributed by atoms with Crippen LogP contribution in [-0.2, 0) is 0 Å². The molecule has 0 spiro atoms. The molecule has 0 aliphatic heterocycles. The Hall–Kier alpha value is -1.79. The summed E-state index contributed by atoms with van der Waals surface area (Å²) < 4.78 is 6.35. The van der Waals surface area contributed by atoms with Crippen LogP contribution in [0.5, 0.6) is 5.75 Å². The number of carbonyl (C=O) groups excluding carboxylic acids is 1. The Morgan fingerprint density at radius 3 is 2.50 bits per heavy atom. The van der Waals surface area contributed by atoms with Crippen molar-refractivity contribution in [2.75, 3.05) is 0 Å². The summed E-state index contributed by atoms with van der Waals surface area (Å²) >= 11 is 0. The molecule has 1 aliphatic rings. The van der Waals surface area contributed by atoms with Crippen molar-refractivity contribution in [3.63, 3.8) is 0 Å². The molecule has 0 unspecified atom stereocenters. The average molecular weight is 341 g/mol. The molecule has 1 aromatic carbocycles. The quantitative estimate of drug-likeness (QED) is 0.303. The summed E-state index contributed by atoms with van der Waals surface area (Å²) in [6.07, 6.45) is 6.61. The highest BCUT2D eigenvalue weighted by Crippen LogP contribution is 2.38. The number of hydrogen-bond acceptors (Lipinski definition) is 2. The van der Waals surface area contributed by atoms with Crippen LogP contribution in [0.4, 0.5) is 0 Å². The van der Waals surface area contributed by atoms with Crippen LogP contribution in [0, 0.1) is 11.8 Å². The molecule has 0 N–H and O–H groups in total. The van der Waals surface area contributed by atoms with Crippen LogP contribution in [0.1, 0.15) is 56.8 Å². The molecular formula is C21H28O2Si. The lowest BCUT2D eigenvalue weighted by molar-refractivity contribution is 0.105. The zero-order valence-corrected chi connectivity index (χ0v) is 16.5. The number of para-hydroxylation sites is 1. The summed E-state index contributed by atoms with van der Waals surface area (Å²) in [6, 6.07) is 7.48. The van der Waals surface area contributed by atoms with Gasteiger partial charge in [0.25, 0.3) is 8.32 Å². The van der Waals surface area contributed by atoms with E-state index in [1.54, 1.807) is 0 Å². The van der Waals surface area contributed by atoms with Crippen LogP contribution in [0.15, 0.2) is 35.9 Å². The summed E-state index contributed by atoms with van der Waals surface area (Å²) in [6.45, 7) is 11.0. The molecule has 24 heavy (non-hydrogen) atoms. The van der Waals surface area contributed by atoms with Crippen LogP contribution >= 0.6 is 0 Å². The number of rotatable bonds is 3. The molecule has 0 bridgehead atoms. The molecule has 1 aromatic rings. The Kier molecular flexibility index (Phi) is 5.72. The van der Waals surface area contributed by atoms with Gasteiger partial charge in [0, 0.05) is 0 Å². The van der Waals surface area contributed by atoms with Gasteiger partial charge >= 0.3 is 0 Å². The molecule has 0 atom stereocenters. The Balaban J connectivity index is 2.24. The molecule has 0 heterocycles. The minimum absolute atomic E-state index is 0.0851. The van der Waals surface area contributed by atoms with E-state index in [1.165, 1.54) is 12.8 Å². The van der Waals surface area contributed by atoms with Gasteiger partial charge in [-0.15, -0.1) is 0 Å². The minimum atomic E-state index is -1.99. The molecule has 1 aliphatic carbocycles. The fourth-order valence-electron chi connectivity index (χ4n) is 2.33. The van der Waals surface area contributed by atoms with Crippen molar-refractivity contribution < 1.29 is 9.22 Å². The maximum Gasteiger partial charge on any atom is 0.250 e. The topological polar surface area (TPSA) is 26.3 Å². The van der Waals surface area contributed by atoms with Crippen LogP contribution in [-0.4, -0.2) is 14.1 Å². The summed E-state index contributed by atoms with van der Waals surface area (Å²) in [4.78, 5) is 12.6. The normalized spacial score (nSPS) is 15.1. The Morgan fingerprint density at radius 2 is 1.88 bits per heavy atom. The van der Waals surface area contributed by atoms with Crippen molar-refractivity contribution in [1.29, 1.82) is 0 Å². The molecule has 0 amide bonds. The highest BCUT2D eigenvalue weighted by molar-refractivity contribution is 6.74. The van der Waals surface area contributed by atoms with Crippen molar-refractivity contribution in [3.8, 4) is 17.6 Å². The van der Waals surface area contributed by atoms with Crippen LogP contribution in [0.2, 0.25) is 18.1 Å². The molecule has 128 valence electrons. The van der Waals surface area contributed by atoms with E-state index in [4.69, 9.17) is 4.43 Å². The Bertz CT molecular complexity index is 697. The molecule has 2 rings (SSSR count). The standard InChI is InChI=1S/C21H28O2Si/c1-21(2,3)24(4,5)23-20-14-10-9-13-18(20)19(22)16-15-17-11-7-6-8-12-17/h9-11,13-14H,6-8,12H2,1-5H3. The number of benzene rings is 1. The molecule has 0 fully saturated rings. The van der Waals surface area contributed by atoms with E-state index in [0.717, 1.165) is 18.4 Å². The first-order chi connectivity index (χ1) is 11.2. The van der Waals surface area contributed by atoms with Gasteiger partial charge in [-0.2, -0.15) is 0 Å². The maximum absolute atomic E-state index is 12.6. The maximum atomic E-state index is 12.6. The molecule has 0 saturated heterocycles. The number of Topliss-reactive ketones (excluding diaryl/α,β-unsaturated/α-hetero) is 1. The van der Waals surface area contributed by atoms with Gasteiger partial charge in [0.15, 0.2) is 0 Å². The predicted molar refractivity (Wildman–Crippen MR) is 103 cm³/mol. The van der Waals surface area contributed by atoms with Gasteiger partial charge in [-0.1, -0.05) is 44.9 Å². The zero-order chi connectivity index (χ0) is 17.8. The summed E-state index contributed by atoms with van der Waals surface area (Å²) in [7, 11) is -1.99. The second-order valence-electron chi connectivity index (χ2n) is 7.91. The minimum Gasteiger partial charge on any atom is -0.543 e. The molecule has 0 radical (unpaired) electrons. The van der Waals surface area contributed by atoms with Crippen molar-refractivity contribution in [2.24, 2.45) is 0 Å². The van der Waals surface area contributed by atoms with E-state index in [-0.39, 0.29) is 10.8 Å². The number of hydrogen-bond donors (Lipinski definition) is 0. The average Bonchev–Trinajstić information content (AvgIpc) is 2.52. The van der Waals surface area contributed by atoms with Gasteiger partial charge in [0.05, 0.1) is 5.56 Å². The van der Waals surface area contributed by atoms with Crippen molar-refractivity contribution >= 4 is 14.1 Å².